The molecule has 2 aliphatic rings. The van der Waals surface area contributed by atoms with E-state index >= 15 is 0 Å². The van der Waals surface area contributed by atoms with E-state index in [1.807, 2.05) is 0 Å². The van der Waals surface area contributed by atoms with E-state index in [9.17, 15) is 9.59 Å². The van der Waals surface area contributed by atoms with Gasteiger partial charge >= 0.3 is 6.09 Å². The second-order valence-corrected chi connectivity index (χ2v) is 3.83. The minimum Gasteiger partial charge on any atom is -0.465 e. The first-order valence-corrected chi connectivity index (χ1v) is 4.43. The van der Waals surface area contributed by atoms with Crippen LogP contribution in [0.1, 0.15) is 25.7 Å². The van der Waals surface area contributed by atoms with Crippen molar-refractivity contribution in [3.05, 3.63) is 0 Å². The van der Waals surface area contributed by atoms with E-state index < -0.39 is 12.1 Å². The molecule has 1 saturated carbocycles. The third kappa shape index (κ3) is 1.34. The van der Waals surface area contributed by atoms with Gasteiger partial charge in [-0.1, -0.05) is 0 Å². The van der Waals surface area contributed by atoms with E-state index in [-0.39, 0.29) is 11.4 Å². The maximum atomic E-state index is 11.3. The number of hydrogen-bond acceptors (Lipinski definition) is 2. The minimum absolute atomic E-state index is 0.0792. The lowest BCUT2D eigenvalue weighted by molar-refractivity contribution is -0.121. The highest BCUT2D eigenvalue weighted by Gasteiger charge is 2.48. The van der Waals surface area contributed by atoms with Crippen molar-refractivity contribution in [2.45, 2.75) is 37.3 Å². The monoisotopic (exact) mass is 184 g/mol. The van der Waals surface area contributed by atoms with Crippen molar-refractivity contribution in [1.29, 1.82) is 0 Å². The Morgan fingerprint density at radius 1 is 1.62 bits per heavy atom. The summed E-state index contributed by atoms with van der Waals surface area (Å²) in [6.07, 6.45) is 2.57. The number of amides is 2. The Bertz CT molecular complexity index is 260. The summed E-state index contributed by atoms with van der Waals surface area (Å²) in [5, 5.41) is 13.5. The fourth-order valence-corrected chi connectivity index (χ4v) is 2.08. The molecule has 1 atom stereocenters. The molecule has 72 valence electrons. The van der Waals surface area contributed by atoms with Crippen molar-refractivity contribution < 1.29 is 14.7 Å². The van der Waals surface area contributed by atoms with Gasteiger partial charge in [0.05, 0.1) is 0 Å². The highest BCUT2D eigenvalue weighted by Crippen LogP contribution is 2.39. The van der Waals surface area contributed by atoms with E-state index in [1.54, 1.807) is 0 Å². The van der Waals surface area contributed by atoms with Crippen LogP contribution in [-0.4, -0.2) is 28.7 Å². The zero-order valence-electron chi connectivity index (χ0n) is 7.17. The summed E-state index contributed by atoms with van der Waals surface area (Å²) in [4.78, 5) is 21.6. The van der Waals surface area contributed by atoms with Crippen molar-refractivity contribution in [2.24, 2.45) is 0 Å². The Kier molecular flexibility index (Phi) is 1.68. The molecule has 0 radical (unpaired) electrons. The van der Waals surface area contributed by atoms with E-state index in [0.29, 0.717) is 6.42 Å². The van der Waals surface area contributed by atoms with E-state index in [2.05, 4.69) is 10.6 Å². The van der Waals surface area contributed by atoms with E-state index in [4.69, 9.17) is 5.11 Å². The standard InChI is InChI=1S/C8H12N2O3/c11-6-5(9-7(12)13)4-8(10-6)2-1-3-8/h5,9H,1-4H2,(H,10,11)(H,12,13). The number of carboxylic acid groups (broad SMARTS) is 1. The quantitative estimate of drug-likeness (QED) is 0.539. The van der Waals surface area contributed by atoms with Gasteiger partial charge < -0.3 is 15.7 Å². The second kappa shape index (κ2) is 2.61. The number of carbonyl (C=O) groups is 2. The molecule has 5 heteroatoms. The Labute approximate surface area is 75.5 Å². The smallest absolute Gasteiger partial charge is 0.405 e. The average molecular weight is 184 g/mol. The molecule has 13 heavy (non-hydrogen) atoms. The van der Waals surface area contributed by atoms with Gasteiger partial charge in [0.15, 0.2) is 0 Å². The van der Waals surface area contributed by atoms with Crippen LogP contribution in [0.3, 0.4) is 0 Å². The molecule has 1 spiro atoms. The Morgan fingerprint density at radius 3 is 2.69 bits per heavy atom. The van der Waals surface area contributed by atoms with Crippen LogP contribution >= 0.6 is 0 Å². The maximum absolute atomic E-state index is 11.3. The van der Waals surface area contributed by atoms with Crippen LogP contribution < -0.4 is 10.6 Å². The van der Waals surface area contributed by atoms with Crippen molar-refractivity contribution in [1.82, 2.24) is 10.6 Å². The molecule has 0 aromatic heterocycles. The van der Waals surface area contributed by atoms with Gasteiger partial charge in [0.25, 0.3) is 0 Å². The number of carbonyl (C=O) groups excluding carboxylic acids is 1. The topological polar surface area (TPSA) is 78.4 Å². The number of rotatable bonds is 1. The molecular formula is C8H12N2O3. The van der Waals surface area contributed by atoms with Crippen LogP contribution in [0.5, 0.6) is 0 Å². The molecule has 1 aliphatic carbocycles. The lowest BCUT2D eigenvalue weighted by Gasteiger charge is -2.37. The predicted octanol–water partition coefficient (Wildman–Crippen LogP) is 0.0652. The summed E-state index contributed by atoms with van der Waals surface area (Å²) in [6, 6.07) is -0.544. The second-order valence-electron chi connectivity index (χ2n) is 3.83. The highest BCUT2D eigenvalue weighted by atomic mass is 16.4. The first kappa shape index (κ1) is 8.34. The van der Waals surface area contributed by atoms with Crippen LogP contribution in [-0.2, 0) is 4.79 Å². The summed E-state index contributed by atoms with van der Waals surface area (Å²) in [6.45, 7) is 0. The molecule has 0 aromatic carbocycles. The molecule has 2 amide bonds. The molecule has 0 aromatic rings. The van der Waals surface area contributed by atoms with Gasteiger partial charge in [-0.15, -0.1) is 0 Å². The van der Waals surface area contributed by atoms with Crippen molar-refractivity contribution in [3.8, 4) is 0 Å². The van der Waals surface area contributed by atoms with Gasteiger partial charge in [0.1, 0.15) is 6.04 Å². The first-order chi connectivity index (χ1) is 6.11. The Balaban J connectivity index is 1.99. The zero-order chi connectivity index (χ0) is 9.47. The molecule has 2 rings (SSSR count). The number of hydrogen-bond donors (Lipinski definition) is 3. The van der Waals surface area contributed by atoms with Crippen molar-refractivity contribution in [2.75, 3.05) is 0 Å². The van der Waals surface area contributed by atoms with Gasteiger partial charge in [0, 0.05) is 5.54 Å². The van der Waals surface area contributed by atoms with Crippen molar-refractivity contribution >= 4 is 12.0 Å². The Morgan fingerprint density at radius 2 is 2.31 bits per heavy atom. The zero-order valence-corrected chi connectivity index (χ0v) is 7.17. The predicted molar refractivity (Wildman–Crippen MR) is 44.3 cm³/mol. The normalized spacial score (nSPS) is 29.5. The molecule has 1 saturated heterocycles. The summed E-state index contributed by atoms with van der Waals surface area (Å²) in [5.41, 5.74) is -0.0792. The largest absolute Gasteiger partial charge is 0.465 e. The SMILES string of the molecule is O=C(O)NC1CC2(CCC2)NC1=O. The minimum atomic E-state index is -1.13. The fraction of sp³-hybridized carbons (Fsp3) is 0.750. The highest BCUT2D eigenvalue weighted by molar-refractivity contribution is 5.88. The maximum Gasteiger partial charge on any atom is 0.405 e. The van der Waals surface area contributed by atoms with Crippen LogP contribution in [0.25, 0.3) is 0 Å². The summed E-state index contributed by atoms with van der Waals surface area (Å²) < 4.78 is 0. The first-order valence-electron chi connectivity index (χ1n) is 4.43. The third-order valence-corrected chi connectivity index (χ3v) is 2.91. The molecular weight excluding hydrogens is 172 g/mol. The summed E-state index contributed by atoms with van der Waals surface area (Å²) >= 11 is 0. The molecule has 1 heterocycles. The molecule has 2 fully saturated rings. The average Bonchev–Trinajstić information content (AvgIpc) is 2.27. The van der Waals surface area contributed by atoms with E-state index in [0.717, 1.165) is 19.3 Å². The lowest BCUT2D eigenvalue weighted by atomic mass is 9.75. The van der Waals surface area contributed by atoms with Gasteiger partial charge in [-0.25, -0.2) is 4.79 Å². The Hall–Kier alpha value is -1.26. The van der Waals surface area contributed by atoms with Crippen LogP contribution in [0.4, 0.5) is 4.79 Å². The van der Waals surface area contributed by atoms with Crippen molar-refractivity contribution in [3.63, 3.8) is 0 Å². The van der Waals surface area contributed by atoms with Crippen LogP contribution in [0, 0.1) is 0 Å². The van der Waals surface area contributed by atoms with Gasteiger partial charge in [0.2, 0.25) is 5.91 Å². The van der Waals surface area contributed by atoms with Gasteiger partial charge in [-0.2, -0.15) is 0 Å². The molecule has 0 bridgehead atoms. The van der Waals surface area contributed by atoms with E-state index in [1.165, 1.54) is 0 Å². The molecule has 1 unspecified atom stereocenters. The lowest BCUT2D eigenvalue weighted by Crippen LogP contribution is -2.47. The van der Waals surface area contributed by atoms with Crippen LogP contribution in [0.15, 0.2) is 0 Å². The van der Waals surface area contributed by atoms with Gasteiger partial charge in [-0.05, 0) is 25.7 Å². The van der Waals surface area contributed by atoms with Gasteiger partial charge in [-0.3, -0.25) is 4.79 Å². The van der Waals surface area contributed by atoms with Crippen LogP contribution in [0.2, 0.25) is 0 Å². The molecule has 3 N–H and O–H groups in total. The molecule has 5 nitrogen and oxygen atoms in total. The summed E-state index contributed by atoms with van der Waals surface area (Å²) in [5.74, 6) is -0.179. The summed E-state index contributed by atoms with van der Waals surface area (Å²) in [7, 11) is 0. The number of nitrogens with one attached hydrogen (secondary N) is 2. The fourth-order valence-electron chi connectivity index (χ4n) is 2.08. The third-order valence-electron chi connectivity index (χ3n) is 2.91. The molecule has 1 aliphatic heterocycles.